The Morgan fingerprint density at radius 1 is 1.19 bits per heavy atom. The third kappa shape index (κ3) is 3.49. The maximum absolute atomic E-state index is 12.5. The molecule has 0 aliphatic heterocycles. The first kappa shape index (κ1) is 16.1. The van der Waals surface area contributed by atoms with Gasteiger partial charge in [-0.05, 0) is 24.6 Å². The number of H-pyrrole nitrogens is 1. The zero-order valence-electron chi connectivity index (χ0n) is 11.3. The molecule has 0 aliphatic carbocycles. The van der Waals surface area contributed by atoms with E-state index >= 15 is 0 Å². The van der Waals surface area contributed by atoms with Gasteiger partial charge in [-0.25, -0.2) is 0 Å². The molecule has 1 heterocycles. The molecule has 5 nitrogen and oxygen atoms in total. The van der Waals surface area contributed by atoms with E-state index in [4.69, 9.17) is 33.4 Å². The van der Waals surface area contributed by atoms with Crippen molar-refractivity contribution in [3.05, 3.63) is 33.9 Å². The number of fused-ring (bicyclic) bond motifs is 1. The van der Waals surface area contributed by atoms with Crippen molar-refractivity contribution >= 4 is 40.0 Å². The fourth-order valence-corrected chi connectivity index (χ4v) is 2.59. The van der Waals surface area contributed by atoms with Crippen LogP contribution in [0.5, 0.6) is 0 Å². The van der Waals surface area contributed by atoms with E-state index in [0.29, 0.717) is 28.4 Å². The molecule has 0 atom stereocenters. The zero-order chi connectivity index (χ0) is 15.4. The lowest BCUT2D eigenvalue weighted by Crippen LogP contribution is -2.35. The summed E-state index contributed by atoms with van der Waals surface area (Å²) in [6.45, 7) is 0.361. The first-order valence-electron chi connectivity index (χ1n) is 6.56. The normalized spacial score (nSPS) is 11.0. The van der Waals surface area contributed by atoms with Crippen molar-refractivity contribution in [1.29, 1.82) is 0 Å². The Balaban J connectivity index is 2.34. The molecule has 0 saturated heterocycles. The highest BCUT2D eigenvalue weighted by atomic mass is 35.5. The molecule has 2 rings (SSSR count). The summed E-state index contributed by atoms with van der Waals surface area (Å²) in [4.78, 5) is 16.9. The van der Waals surface area contributed by atoms with E-state index in [1.807, 2.05) is 0 Å². The third-order valence-electron chi connectivity index (χ3n) is 3.15. The number of benzene rings is 1. The number of hydrogen-bond donors (Lipinski definition) is 3. The molecule has 0 bridgehead atoms. The maximum atomic E-state index is 12.5. The van der Waals surface area contributed by atoms with Gasteiger partial charge in [0.2, 0.25) is 0 Å². The Morgan fingerprint density at radius 2 is 1.95 bits per heavy atom. The molecule has 0 radical (unpaired) electrons. The number of aliphatic hydroxyl groups is 2. The van der Waals surface area contributed by atoms with Crippen LogP contribution in [0.15, 0.2) is 18.2 Å². The van der Waals surface area contributed by atoms with Gasteiger partial charge in [-0.1, -0.05) is 23.2 Å². The summed E-state index contributed by atoms with van der Waals surface area (Å²) in [7, 11) is 0. The van der Waals surface area contributed by atoms with Crippen LogP contribution in [0, 0.1) is 0 Å². The third-order valence-corrected chi connectivity index (χ3v) is 3.78. The van der Waals surface area contributed by atoms with Gasteiger partial charge in [0.25, 0.3) is 5.91 Å². The molecule has 0 fully saturated rings. The summed E-state index contributed by atoms with van der Waals surface area (Å²) in [6, 6.07) is 5.16. The second-order valence-electron chi connectivity index (χ2n) is 4.60. The van der Waals surface area contributed by atoms with Crippen LogP contribution >= 0.6 is 23.2 Å². The van der Waals surface area contributed by atoms with Crippen LogP contribution in [0.2, 0.25) is 10.0 Å². The van der Waals surface area contributed by atoms with Gasteiger partial charge in [0.1, 0.15) is 5.69 Å². The molecular weight excluding hydrogens is 315 g/mol. The van der Waals surface area contributed by atoms with Crippen molar-refractivity contribution < 1.29 is 15.0 Å². The molecule has 7 heteroatoms. The van der Waals surface area contributed by atoms with Crippen molar-refractivity contribution in [2.75, 3.05) is 26.3 Å². The van der Waals surface area contributed by atoms with E-state index < -0.39 is 0 Å². The second-order valence-corrected chi connectivity index (χ2v) is 5.41. The molecule has 21 heavy (non-hydrogen) atoms. The van der Waals surface area contributed by atoms with E-state index in [-0.39, 0.29) is 31.4 Å². The number of aromatic amines is 1. The lowest BCUT2D eigenvalue weighted by molar-refractivity contribution is 0.0705. The number of nitrogens with one attached hydrogen (secondary N) is 1. The van der Waals surface area contributed by atoms with Crippen LogP contribution in [-0.2, 0) is 0 Å². The van der Waals surface area contributed by atoms with Crippen LogP contribution in [0.1, 0.15) is 16.9 Å². The molecule has 1 amide bonds. The van der Waals surface area contributed by atoms with E-state index in [1.165, 1.54) is 4.90 Å². The predicted molar refractivity (Wildman–Crippen MR) is 83.0 cm³/mol. The minimum atomic E-state index is -0.310. The molecule has 0 spiro atoms. The summed E-state index contributed by atoms with van der Waals surface area (Å²) in [6.07, 6.45) is 0.440. The number of halogens is 2. The van der Waals surface area contributed by atoms with Gasteiger partial charge in [-0.2, -0.15) is 0 Å². The zero-order valence-corrected chi connectivity index (χ0v) is 12.8. The highest BCUT2D eigenvalue weighted by Crippen LogP contribution is 2.30. The lowest BCUT2D eigenvalue weighted by atomic mass is 10.2. The molecule has 1 aromatic carbocycles. The Labute approximate surface area is 132 Å². The van der Waals surface area contributed by atoms with Crippen molar-refractivity contribution in [3.63, 3.8) is 0 Å². The van der Waals surface area contributed by atoms with Crippen LogP contribution in [-0.4, -0.2) is 52.3 Å². The molecular formula is C14H16Cl2N2O3. The topological polar surface area (TPSA) is 76.6 Å². The minimum absolute atomic E-state index is 0.0226. The summed E-state index contributed by atoms with van der Waals surface area (Å²) in [5.74, 6) is -0.310. The number of rotatable bonds is 6. The first-order valence-corrected chi connectivity index (χ1v) is 7.31. The second kappa shape index (κ2) is 7.13. The fourth-order valence-electron chi connectivity index (χ4n) is 2.13. The van der Waals surface area contributed by atoms with Gasteiger partial charge >= 0.3 is 0 Å². The molecule has 114 valence electrons. The number of amides is 1. The highest BCUT2D eigenvalue weighted by Gasteiger charge is 2.21. The Bertz CT molecular complexity index is 642. The van der Waals surface area contributed by atoms with E-state index in [2.05, 4.69) is 4.98 Å². The standard InChI is InChI=1S/C14H16Cl2N2O3/c15-9-2-3-11-10(8-9)12(16)13(17-11)14(21)18(5-7-20)4-1-6-19/h2-3,8,17,19-20H,1,4-7H2. The lowest BCUT2D eigenvalue weighted by Gasteiger charge is -2.20. The quantitative estimate of drug-likeness (QED) is 0.760. The average Bonchev–Trinajstić information content (AvgIpc) is 2.80. The molecule has 2 aromatic rings. The number of carbonyl (C=O) groups excluding carboxylic acids is 1. The first-order chi connectivity index (χ1) is 10.1. The Kier molecular flexibility index (Phi) is 5.47. The fraction of sp³-hybridized carbons (Fsp3) is 0.357. The van der Waals surface area contributed by atoms with Gasteiger partial charge in [-0.15, -0.1) is 0 Å². The molecule has 3 N–H and O–H groups in total. The monoisotopic (exact) mass is 330 g/mol. The maximum Gasteiger partial charge on any atom is 0.271 e. The summed E-state index contributed by atoms with van der Waals surface area (Å²) in [5.41, 5.74) is 0.985. The minimum Gasteiger partial charge on any atom is -0.396 e. The van der Waals surface area contributed by atoms with E-state index in [9.17, 15) is 4.79 Å². The molecule has 0 aliphatic rings. The average molecular weight is 331 g/mol. The van der Waals surface area contributed by atoms with Gasteiger partial charge in [0.15, 0.2) is 0 Å². The molecule has 0 saturated carbocycles. The van der Waals surface area contributed by atoms with Gasteiger partial charge in [0.05, 0.1) is 11.6 Å². The van der Waals surface area contributed by atoms with Gasteiger partial charge < -0.3 is 20.1 Å². The van der Waals surface area contributed by atoms with Gasteiger partial charge in [-0.3, -0.25) is 4.79 Å². The van der Waals surface area contributed by atoms with Crippen molar-refractivity contribution in [3.8, 4) is 0 Å². The van der Waals surface area contributed by atoms with E-state index in [1.54, 1.807) is 18.2 Å². The van der Waals surface area contributed by atoms with Crippen LogP contribution in [0.4, 0.5) is 0 Å². The van der Waals surface area contributed by atoms with Crippen LogP contribution in [0.3, 0.4) is 0 Å². The number of aliphatic hydroxyl groups excluding tert-OH is 2. The Morgan fingerprint density at radius 3 is 2.62 bits per heavy atom. The largest absolute Gasteiger partial charge is 0.396 e. The number of aromatic nitrogens is 1. The summed E-state index contributed by atoms with van der Waals surface area (Å²) < 4.78 is 0. The molecule has 0 unspecified atom stereocenters. The smallest absolute Gasteiger partial charge is 0.271 e. The Hall–Kier alpha value is -1.27. The van der Waals surface area contributed by atoms with Crippen molar-refractivity contribution in [2.24, 2.45) is 0 Å². The summed E-state index contributed by atoms with van der Waals surface area (Å²) >= 11 is 12.2. The number of carbonyl (C=O) groups is 1. The summed E-state index contributed by atoms with van der Waals surface area (Å²) in [5, 5.41) is 19.5. The van der Waals surface area contributed by atoms with Crippen molar-refractivity contribution in [1.82, 2.24) is 9.88 Å². The van der Waals surface area contributed by atoms with Gasteiger partial charge in [0, 0.05) is 35.6 Å². The van der Waals surface area contributed by atoms with Crippen LogP contribution in [0.25, 0.3) is 10.9 Å². The number of nitrogens with zero attached hydrogens (tertiary/aromatic N) is 1. The molecule has 1 aromatic heterocycles. The SMILES string of the molecule is O=C(c1[nH]c2ccc(Cl)cc2c1Cl)N(CCO)CCCO. The van der Waals surface area contributed by atoms with Crippen LogP contribution < -0.4 is 0 Å². The number of hydrogen-bond acceptors (Lipinski definition) is 3. The van der Waals surface area contributed by atoms with E-state index in [0.717, 1.165) is 5.52 Å². The predicted octanol–water partition coefficient (Wildman–Crippen LogP) is 2.29. The highest BCUT2D eigenvalue weighted by molar-refractivity contribution is 6.39. The van der Waals surface area contributed by atoms with Crippen molar-refractivity contribution in [2.45, 2.75) is 6.42 Å².